The molecule has 10 nitrogen and oxygen atoms in total. The van der Waals surface area contributed by atoms with Crippen LogP contribution in [0.1, 0.15) is 5.69 Å². The Morgan fingerprint density at radius 1 is 1.19 bits per heavy atom. The number of allylic oxidation sites excluding steroid dienone is 1. The van der Waals surface area contributed by atoms with Gasteiger partial charge < -0.3 is 29.7 Å². The molecule has 1 aromatic carbocycles. The average molecular weight is 547 g/mol. The van der Waals surface area contributed by atoms with Gasteiger partial charge in [-0.1, -0.05) is 29.8 Å². The van der Waals surface area contributed by atoms with E-state index in [0.717, 1.165) is 6.08 Å². The number of aliphatic imine (C=N–C) groups is 1. The van der Waals surface area contributed by atoms with Gasteiger partial charge in [0.25, 0.3) is 0 Å². The summed E-state index contributed by atoms with van der Waals surface area (Å²) in [5.74, 6) is 0.167. The van der Waals surface area contributed by atoms with Gasteiger partial charge in [0.15, 0.2) is 0 Å². The molecular formula is C25H24Cl2N4O6. The molecule has 3 aromatic rings. The number of hydrogen-bond donors (Lipinski definition) is 2. The number of hydrogen-bond acceptors (Lipinski definition) is 9. The fourth-order valence-corrected chi connectivity index (χ4v) is 4.04. The highest BCUT2D eigenvalue weighted by molar-refractivity contribution is 6.41. The maximum atomic E-state index is 13.1. The van der Waals surface area contributed by atoms with E-state index in [2.05, 4.69) is 21.9 Å². The molecule has 37 heavy (non-hydrogen) atoms. The predicted molar refractivity (Wildman–Crippen MR) is 143 cm³/mol. The molecule has 0 fully saturated rings. The molecule has 0 bridgehead atoms. The van der Waals surface area contributed by atoms with Crippen molar-refractivity contribution in [3.63, 3.8) is 0 Å². The van der Waals surface area contributed by atoms with E-state index in [1.165, 1.54) is 45.9 Å². The lowest BCUT2D eigenvalue weighted by Crippen LogP contribution is -2.28. The third kappa shape index (κ3) is 5.93. The Bertz CT molecular complexity index is 1440. The fraction of sp³-hybridized carbons (Fsp3) is 0.200. The Hall–Kier alpha value is -3.86. The standard InChI is InChI=1S/C25H24Cl2N4O6/c1-5-20(32)31-16(11-28)24(29-6-7-34-2)15-9-14-13(12-30-15)8-17(37-25(14)33)21-22(26)18(35-3)10-19(36-4)23(21)27/h5,8-12H,1,6-7,28H2,2-4H3,(H,31,32). The zero-order chi connectivity index (χ0) is 27.1. The number of carbonyl (C=O) groups is 1. The monoisotopic (exact) mass is 546 g/mol. The summed E-state index contributed by atoms with van der Waals surface area (Å²) in [4.78, 5) is 33.9. The van der Waals surface area contributed by atoms with Crippen LogP contribution in [0.2, 0.25) is 10.0 Å². The molecule has 0 saturated heterocycles. The number of rotatable bonds is 10. The van der Waals surface area contributed by atoms with Crippen molar-refractivity contribution in [3.8, 4) is 22.8 Å². The van der Waals surface area contributed by atoms with Crippen LogP contribution in [0.5, 0.6) is 11.5 Å². The number of ether oxygens (including phenoxy) is 3. The van der Waals surface area contributed by atoms with Crippen molar-refractivity contribution in [3.05, 3.63) is 75.1 Å². The highest BCUT2D eigenvalue weighted by Gasteiger charge is 2.22. The number of aromatic nitrogens is 1. The van der Waals surface area contributed by atoms with Crippen LogP contribution >= 0.6 is 23.2 Å². The molecule has 12 heteroatoms. The first-order chi connectivity index (χ1) is 17.8. The van der Waals surface area contributed by atoms with E-state index in [0.29, 0.717) is 12.0 Å². The van der Waals surface area contributed by atoms with Crippen LogP contribution in [0.15, 0.2) is 63.2 Å². The molecule has 1 amide bonds. The number of nitrogens with two attached hydrogens (primary N) is 1. The topological polar surface area (TPSA) is 138 Å². The highest BCUT2D eigenvalue weighted by atomic mass is 35.5. The smallest absolute Gasteiger partial charge is 0.344 e. The number of nitrogens with one attached hydrogen (secondary N) is 1. The van der Waals surface area contributed by atoms with Gasteiger partial charge in [-0.3, -0.25) is 14.8 Å². The minimum Gasteiger partial charge on any atom is -0.495 e. The Kier molecular flexibility index (Phi) is 9.29. The summed E-state index contributed by atoms with van der Waals surface area (Å²) in [5, 5.41) is 3.50. The van der Waals surface area contributed by atoms with Crippen LogP contribution in [0, 0.1) is 0 Å². The predicted octanol–water partition coefficient (Wildman–Crippen LogP) is 3.72. The number of halogens is 2. The van der Waals surface area contributed by atoms with Crippen molar-refractivity contribution >= 4 is 45.6 Å². The van der Waals surface area contributed by atoms with Gasteiger partial charge in [-0.15, -0.1) is 0 Å². The van der Waals surface area contributed by atoms with Gasteiger partial charge in [0.05, 0.1) is 59.8 Å². The zero-order valence-electron chi connectivity index (χ0n) is 20.3. The summed E-state index contributed by atoms with van der Waals surface area (Å²) in [6.07, 6.45) is 3.72. The molecule has 2 aromatic heterocycles. The number of carbonyl (C=O) groups excluding carboxylic acids is 1. The van der Waals surface area contributed by atoms with E-state index >= 15 is 0 Å². The Morgan fingerprint density at radius 3 is 2.43 bits per heavy atom. The summed E-state index contributed by atoms with van der Waals surface area (Å²) in [6.45, 7) is 3.98. The molecule has 0 aliphatic carbocycles. The van der Waals surface area contributed by atoms with E-state index in [1.807, 2.05) is 0 Å². The molecule has 3 N–H and O–H groups in total. The molecule has 194 valence electrons. The second-order valence-electron chi connectivity index (χ2n) is 7.34. The fourth-order valence-electron chi connectivity index (χ4n) is 3.35. The number of nitrogens with zero attached hydrogens (tertiary/aromatic N) is 2. The first kappa shape index (κ1) is 27.7. The van der Waals surface area contributed by atoms with Crippen molar-refractivity contribution in [2.24, 2.45) is 10.7 Å². The summed E-state index contributed by atoms with van der Waals surface area (Å²) < 4.78 is 21.2. The van der Waals surface area contributed by atoms with Crippen LogP contribution < -0.4 is 26.1 Å². The maximum Gasteiger partial charge on any atom is 0.344 e. The van der Waals surface area contributed by atoms with Crippen molar-refractivity contribution in [2.45, 2.75) is 0 Å². The molecule has 0 radical (unpaired) electrons. The second-order valence-corrected chi connectivity index (χ2v) is 8.09. The molecule has 0 aliphatic rings. The third-order valence-electron chi connectivity index (χ3n) is 5.14. The molecular weight excluding hydrogens is 523 g/mol. The number of amides is 1. The number of methoxy groups -OCH3 is 3. The molecule has 0 aliphatic heterocycles. The zero-order valence-corrected chi connectivity index (χ0v) is 21.8. The van der Waals surface area contributed by atoms with Crippen LogP contribution in [-0.2, 0) is 9.53 Å². The normalized spacial score (nSPS) is 11.9. The van der Waals surface area contributed by atoms with Gasteiger partial charge >= 0.3 is 5.63 Å². The van der Waals surface area contributed by atoms with Crippen molar-refractivity contribution in [1.82, 2.24) is 10.3 Å². The van der Waals surface area contributed by atoms with E-state index in [-0.39, 0.29) is 61.9 Å². The molecule has 2 heterocycles. The number of benzene rings is 1. The largest absolute Gasteiger partial charge is 0.495 e. The van der Waals surface area contributed by atoms with Gasteiger partial charge in [0.2, 0.25) is 5.91 Å². The summed E-state index contributed by atoms with van der Waals surface area (Å²) in [5.41, 5.74) is 5.97. The van der Waals surface area contributed by atoms with E-state index in [9.17, 15) is 9.59 Å². The van der Waals surface area contributed by atoms with E-state index in [4.69, 9.17) is 47.6 Å². The molecule has 0 spiro atoms. The SMILES string of the molecule is C=CC(=O)NC(=CN)C(=NCCOC)c1cc2c(=O)oc(-c3c(Cl)c(OC)cc(OC)c3Cl)cc2cn1. The van der Waals surface area contributed by atoms with Gasteiger partial charge in [-0.25, -0.2) is 4.79 Å². The number of pyridine rings is 1. The minimum atomic E-state index is -0.685. The molecule has 0 unspecified atom stereocenters. The summed E-state index contributed by atoms with van der Waals surface area (Å²) >= 11 is 13.0. The third-order valence-corrected chi connectivity index (χ3v) is 5.89. The second kappa shape index (κ2) is 12.4. The molecule has 0 atom stereocenters. The first-order valence-electron chi connectivity index (χ1n) is 10.7. The summed E-state index contributed by atoms with van der Waals surface area (Å²) in [6, 6.07) is 4.58. The lowest BCUT2D eigenvalue weighted by Gasteiger charge is -2.14. The molecule has 0 saturated carbocycles. The van der Waals surface area contributed by atoms with Crippen LogP contribution in [0.4, 0.5) is 0 Å². The van der Waals surface area contributed by atoms with Gasteiger partial charge in [-0.2, -0.15) is 0 Å². The first-order valence-corrected chi connectivity index (χ1v) is 11.5. The van der Waals surface area contributed by atoms with Crippen molar-refractivity contribution < 1.29 is 23.4 Å². The van der Waals surface area contributed by atoms with E-state index in [1.54, 1.807) is 6.07 Å². The van der Waals surface area contributed by atoms with Gasteiger partial charge in [0.1, 0.15) is 23.0 Å². The summed E-state index contributed by atoms with van der Waals surface area (Å²) in [7, 11) is 4.41. The quantitative estimate of drug-likeness (QED) is 0.223. The van der Waals surface area contributed by atoms with Gasteiger partial charge in [-0.05, 0) is 18.2 Å². The highest BCUT2D eigenvalue weighted by Crippen LogP contribution is 2.46. The Balaban J connectivity index is 2.18. The van der Waals surface area contributed by atoms with Crippen LogP contribution in [-0.4, -0.2) is 51.1 Å². The van der Waals surface area contributed by atoms with E-state index < -0.39 is 11.5 Å². The lowest BCUT2D eigenvalue weighted by atomic mass is 10.1. The van der Waals surface area contributed by atoms with Crippen LogP contribution in [0.25, 0.3) is 22.1 Å². The minimum absolute atomic E-state index is 0.0917. The Morgan fingerprint density at radius 2 is 1.86 bits per heavy atom. The molecule has 3 rings (SSSR count). The van der Waals surface area contributed by atoms with Crippen LogP contribution in [0.3, 0.4) is 0 Å². The van der Waals surface area contributed by atoms with Gasteiger partial charge in [0, 0.05) is 31.0 Å². The average Bonchev–Trinajstić information content (AvgIpc) is 2.90. The Labute approximate surface area is 222 Å². The number of fused-ring (bicyclic) bond motifs is 1. The lowest BCUT2D eigenvalue weighted by molar-refractivity contribution is -0.115. The van der Waals surface area contributed by atoms with Crippen molar-refractivity contribution in [2.75, 3.05) is 34.5 Å². The van der Waals surface area contributed by atoms with Crippen molar-refractivity contribution in [1.29, 1.82) is 0 Å². The maximum absolute atomic E-state index is 13.1.